The first-order chi connectivity index (χ1) is 19.0. The van der Waals surface area contributed by atoms with Gasteiger partial charge in [0.15, 0.2) is 5.82 Å². The Kier molecular flexibility index (Phi) is 7.76. The second-order valence-electron chi connectivity index (χ2n) is 11.5. The van der Waals surface area contributed by atoms with Gasteiger partial charge in [-0.25, -0.2) is 13.6 Å². The molecule has 1 amide bonds. The lowest BCUT2D eigenvalue weighted by molar-refractivity contribution is 0.0218. The molecule has 4 heterocycles. The molecule has 1 aromatic carbocycles. The Morgan fingerprint density at radius 2 is 1.90 bits per heavy atom. The van der Waals surface area contributed by atoms with Gasteiger partial charge in [0, 0.05) is 43.5 Å². The monoisotopic (exact) mass is 554 g/mol. The van der Waals surface area contributed by atoms with E-state index in [9.17, 15) is 9.18 Å². The molecule has 2 saturated heterocycles. The molecule has 2 atom stereocenters. The quantitative estimate of drug-likeness (QED) is 0.441. The number of amides is 1. The van der Waals surface area contributed by atoms with Crippen molar-refractivity contribution in [2.45, 2.75) is 58.2 Å². The molecule has 0 radical (unpaired) electrons. The highest BCUT2D eigenvalue weighted by atomic mass is 19.1. The summed E-state index contributed by atoms with van der Waals surface area (Å²) in [7, 11) is 2.05. The fraction of sp³-hybridized carbons (Fsp3) is 0.517. The van der Waals surface area contributed by atoms with Crippen LogP contribution in [0.4, 0.5) is 19.4 Å². The van der Waals surface area contributed by atoms with E-state index in [1.54, 1.807) is 17.0 Å². The summed E-state index contributed by atoms with van der Waals surface area (Å²) in [6.45, 7) is 10.1. The first-order valence-electron chi connectivity index (χ1n) is 13.7. The summed E-state index contributed by atoms with van der Waals surface area (Å²) >= 11 is 0. The number of benzene rings is 1. The van der Waals surface area contributed by atoms with Crippen LogP contribution in [0.25, 0.3) is 22.2 Å². The summed E-state index contributed by atoms with van der Waals surface area (Å²) in [5.74, 6) is -0.855. The summed E-state index contributed by atoms with van der Waals surface area (Å²) in [5, 5.41) is 0.389. The second-order valence-corrected chi connectivity index (χ2v) is 11.5. The van der Waals surface area contributed by atoms with Crippen molar-refractivity contribution >= 4 is 22.8 Å². The van der Waals surface area contributed by atoms with Gasteiger partial charge < -0.3 is 24.2 Å². The molecule has 0 spiro atoms. The Hall–Kier alpha value is -3.60. The van der Waals surface area contributed by atoms with Crippen LogP contribution < -0.4 is 9.64 Å². The average Bonchev–Trinajstić information content (AvgIpc) is 3.31. The van der Waals surface area contributed by atoms with Crippen LogP contribution in [-0.2, 0) is 4.74 Å². The topological polar surface area (TPSA) is 83.9 Å². The molecular weight excluding hydrogens is 518 g/mol. The van der Waals surface area contributed by atoms with Crippen molar-refractivity contribution in [3.63, 3.8) is 0 Å². The summed E-state index contributed by atoms with van der Waals surface area (Å²) in [6, 6.07) is 6.03. The number of ether oxygens (including phenoxy) is 2. The smallest absolute Gasteiger partial charge is 0.410 e. The van der Waals surface area contributed by atoms with Gasteiger partial charge in [-0.05, 0) is 66.3 Å². The number of hydrogen-bond donors (Lipinski definition) is 0. The standard InChI is InChI=1S/C29H36F2N6O3/c1-18-16-36(28(38)40-29(2,3)4)13-14-37(18)26-21-15-32-24(20-10-6-7-11-22(20)30)23(31)25(21)33-27(34-26)39-17-19-9-8-12-35(19)5/h6-7,10-11,15,18-19H,8-9,12-14,16-17H2,1-5H3/t18-,19-/m0/s1. The third-order valence-corrected chi connectivity index (χ3v) is 7.40. The van der Waals surface area contributed by atoms with Gasteiger partial charge in [-0.2, -0.15) is 9.97 Å². The molecule has 214 valence electrons. The minimum atomic E-state index is -0.742. The predicted molar refractivity (Wildman–Crippen MR) is 148 cm³/mol. The molecule has 0 N–H and O–H groups in total. The number of nitrogens with zero attached hydrogens (tertiary/aromatic N) is 6. The van der Waals surface area contributed by atoms with Crippen molar-refractivity contribution < 1.29 is 23.0 Å². The van der Waals surface area contributed by atoms with Crippen molar-refractivity contribution in [2.75, 3.05) is 44.7 Å². The number of fused-ring (bicyclic) bond motifs is 1. The van der Waals surface area contributed by atoms with Gasteiger partial charge in [-0.15, -0.1) is 0 Å². The Morgan fingerprint density at radius 1 is 1.12 bits per heavy atom. The molecule has 0 unspecified atom stereocenters. The molecule has 0 aliphatic carbocycles. The number of aromatic nitrogens is 3. The van der Waals surface area contributed by atoms with E-state index in [0.717, 1.165) is 19.4 Å². The van der Waals surface area contributed by atoms with Gasteiger partial charge >= 0.3 is 12.1 Å². The molecule has 2 aromatic heterocycles. The number of likely N-dealkylation sites (tertiary alicyclic amines) is 1. The van der Waals surface area contributed by atoms with E-state index in [2.05, 4.69) is 14.9 Å². The molecule has 40 heavy (non-hydrogen) atoms. The van der Waals surface area contributed by atoms with E-state index in [-0.39, 0.29) is 41.0 Å². The van der Waals surface area contributed by atoms with E-state index < -0.39 is 17.2 Å². The molecule has 2 fully saturated rings. The number of carbonyl (C=O) groups is 1. The van der Waals surface area contributed by atoms with Gasteiger partial charge in [0.2, 0.25) is 0 Å². The zero-order valence-corrected chi connectivity index (χ0v) is 23.7. The number of carbonyl (C=O) groups excluding carboxylic acids is 1. The van der Waals surface area contributed by atoms with Gasteiger partial charge in [-0.3, -0.25) is 4.98 Å². The fourth-order valence-corrected chi connectivity index (χ4v) is 5.27. The van der Waals surface area contributed by atoms with Crippen LogP contribution in [-0.4, -0.2) is 88.4 Å². The number of piperazine rings is 1. The van der Waals surface area contributed by atoms with E-state index >= 15 is 4.39 Å². The first kappa shape index (κ1) is 27.9. The van der Waals surface area contributed by atoms with Crippen LogP contribution in [0.15, 0.2) is 30.5 Å². The van der Waals surface area contributed by atoms with Crippen LogP contribution in [0.5, 0.6) is 6.01 Å². The molecule has 9 nitrogen and oxygen atoms in total. The van der Waals surface area contributed by atoms with Crippen molar-refractivity contribution in [3.8, 4) is 17.3 Å². The Balaban J connectivity index is 1.51. The van der Waals surface area contributed by atoms with Crippen LogP contribution in [0.2, 0.25) is 0 Å². The van der Waals surface area contributed by atoms with Crippen LogP contribution in [0.1, 0.15) is 40.5 Å². The van der Waals surface area contributed by atoms with Crippen molar-refractivity contribution in [3.05, 3.63) is 42.1 Å². The molecule has 3 aromatic rings. The normalized spacial score (nSPS) is 20.3. The third kappa shape index (κ3) is 5.79. The lowest BCUT2D eigenvalue weighted by Gasteiger charge is -2.41. The molecule has 11 heteroatoms. The van der Waals surface area contributed by atoms with Crippen molar-refractivity contribution in [1.82, 2.24) is 24.8 Å². The van der Waals surface area contributed by atoms with Crippen LogP contribution in [0.3, 0.4) is 0 Å². The minimum Gasteiger partial charge on any atom is -0.462 e. The van der Waals surface area contributed by atoms with Crippen LogP contribution in [0, 0.1) is 11.6 Å². The Morgan fingerprint density at radius 3 is 2.58 bits per heavy atom. The zero-order valence-electron chi connectivity index (χ0n) is 23.7. The van der Waals surface area contributed by atoms with E-state index in [1.165, 1.54) is 18.3 Å². The Bertz CT molecular complexity index is 1400. The fourth-order valence-electron chi connectivity index (χ4n) is 5.27. The largest absolute Gasteiger partial charge is 0.462 e. The molecular formula is C29H36F2N6O3. The number of halogens is 2. The summed E-state index contributed by atoms with van der Waals surface area (Å²) in [5.41, 5.74) is -0.662. The maximum atomic E-state index is 16.0. The lowest BCUT2D eigenvalue weighted by Crippen LogP contribution is -2.55. The van der Waals surface area contributed by atoms with Crippen LogP contribution >= 0.6 is 0 Å². The minimum absolute atomic E-state index is 0.00908. The third-order valence-electron chi connectivity index (χ3n) is 7.40. The number of rotatable bonds is 5. The molecule has 0 bridgehead atoms. The number of pyridine rings is 1. The van der Waals surface area contributed by atoms with Crippen molar-refractivity contribution in [2.24, 2.45) is 0 Å². The predicted octanol–water partition coefficient (Wildman–Crippen LogP) is 4.89. The highest BCUT2D eigenvalue weighted by molar-refractivity contribution is 5.92. The van der Waals surface area contributed by atoms with E-state index in [1.807, 2.05) is 39.6 Å². The Labute approximate surface area is 233 Å². The highest BCUT2D eigenvalue weighted by Crippen LogP contribution is 2.34. The van der Waals surface area contributed by atoms with Gasteiger partial charge in [0.25, 0.3) is 0 Å². The number of anilines is 1. The number of hydrogen-bond acceptors (Lipinski definition) is 8. The molecule has 5 rings (SSSR count). The molecule has 2 aliphatic heterocycles. The maximum Gasteiger partial charge on any atom is 0.410 e. The van der Waals surface area contributed by atoms with E-state index in [4.69, 9.17) is 14.5 Å². The van der Waals surface area contributed by atoms with Gasteiger partial charge in [-0.1, -0.05) is 12.1 Å². The zero-order chi connectivity index (χ0) is 28.6. The SMILES string of the molecule is C[C@H]1CN(C(=O)OC(C)(C)C)CCN1c1nc(OC[C@@H]2CCCN2C)nc2c(F)c(-c3ccccc3F)ncc12. The number of likely N-dealkylation sites (N-methyl/N-ethyl adjacent to an activating group) is 1. The van der Waals surface area contributed by atoms with Gasteiger partial charge in [0.1, 0.15) is 35.1 Å². The van der Waals surface area contributed by atoms with E-state index in [0.29, 0.717) is 37.4 Å². The lowest BCUT2D eigenvalue weighted by atomic mass is 10.1. The average molecular weight is 555 g/mol. The summed E-state index contributed by atoms with van der Waals surface area (Å²) in [6.07, 6.45) is 3.19. The van der Waals surface area contributed by atoms with Crippen molar-refractivity contribution in [1.29, 1.82) is 0 Å². The highest BCUT2D eigenvalue weighted by Gasteiger charge is 2.33. The summed E-state index contributed by atoms with van der Waals surface area (Å²) < 4.78 is 42.2. The maximum absolute atomic E-state index is 16.0. The molecule has 2 aliphatic rings. The summed E-state index contributed by atoms with van der Waals surface area (Å²) in [4.78, 5) is 32.0. The first-order valence-corrected chi connectivity index (χ1v) is 13.7. The van der Waals surface area contributed by atoms with Gasteiger partial charge in [0.05, 0.1) is 5.39 Å². The second kappa shape index (κ2) is 11.1. The molecule has 0 saturated carbocycles.